The zero-order valence-electron chi connectivity index (χ0n) is 10.4. The number of anilines is 2. The SMILES string of the molecule is COC(=O)c1cc(N2CC3CCC2C3)ncc1N. The van der Waals surface area contributed by atoms with Crippen molar-refractivity contribution in [2.24, 2.45) is 5.92 Å². The number of piperidine rings is 1. The number of methoxy groups -OCH3 is 1. The Morgan fingerprint density at radius 3 is 3.00 bits per heavy atom. The van der Waals surface area contributed by atoms with Gasteiger partial charge in [0, 0.05) is 12.6 Å². The van der Waals surface area contributed by atoms with Gasteiger partial charge in [-0.3, -0.25) is 0 Å². The van der Waals surface area contributed by atoms with E-state index >= 15 is 0 Å². The molecule has 3 rings (SSSR count). The van der Waals surface area contributed by atoms with Gasteiger partial charge in [-0.1, -0.05) is 0 Å². The molecule has 2 heterocycles. The summed E-state index contributed by atoms with van der Waals surface area (Å²) in [5, 5.41) is 0. The van der Waals surface area contributed by atoms with Crippen molar-refractivity contribution in [3.63, 3.8) is 0 Å². The van der Waals surface area contributed by atoms with Gasteiger partial charge in [0.2, 0.25) is 0 Å². The molecule has 2 aliphatic rings. The van der Waals surface area contributed by atoms with Gasteiger partial charge in [0.15, 0.2) is 0 Å². The summed E-state index contributed by atoms with van der Waals surface area (Å²) in [4.78, 5) is 18.3. The zero-order chi connectivity index (χ0) is 12.7. The second-order valence-corrected chi connectivity index (χ2v) is 5.11. The summed E-state index contributed by atoms with van der Waals surface area (Å²) in [6.07, 6.45) is 5.34. The second kappa shape index (κ2) is 4.15. The lowest BCUT2D eigenvalue weighted by molar-refractivity contribution is 0.0602. The van der Waals surface area contributed by atoms with E-state index in [1.165, 1.54) is 26.4 Å². The van der Waals surface area contributed by atoms with Gasteiger partial charge >= 0.3 is 5.97 Å². The lowest BCUT2D eigenvalue weighted by atomic mass is 10.1. The molecule has 1 aromatic rings. The van der Waals surface area contributed by atoms with Crippen molar-refractivity contribution < 1.29 is 9.53 Å². The molecule has 1 aliphatic heterocycles. The fourth-order valence-electron chi connectivity index (χ4n) is 3.10. The van der Waals surface area contributed by atoms with E-state index in [4.69, 9.17) is 10.5 Å². The quantitative estimate of drug-likeness (QED) is 0.801. The number of fused-ring (bicyclic) bond motifs is 2. The number of carbonyl (C=O) groups is 1. The normalized spacial score (nSPS) is 25.5. The van der Waals surface area contributed by atoms with Crippen LogP contribution in [0.5, 0.6) is 0 Å². The van der Waals surface area contributed by atoms with Crippen LogP contribution in [0, 0.1) is 5.92 Å². The highest BCUT2D eigenvalue weighted by atomic mass is 16.5. The van der Waals surface area contributed by atoms with Crippen LogP contribution in [0.15, 0.2) is 12.3 Å². The highest BCUT2D eigenvalue weighted by Crippen LogP contribution is 2.39. The van der Waals surface area contributed by atoms with Gasteiger partial charge < -0.3 is 15.4 Å². The maximum atomic E-state index is 11.6. The molecule has 0 amide bonds. The fraction of sp³-hybridized carbons (Fsp3) is 0.538. The number of hydrogen-bond donors (Lipinski definition) is 1. The summed E-state index contributed by atoms with van der Waals surface area (Å²) in [7, 11) is 1.36. The molecule has 96 valence electrons. The standard InChI is InChI=1S/C13H17N3O2/c1-18-13(17)10-5-12(15-6-11(10)14)16-7-8-2-3-9(16)4-8/h5-6,8-9H,2-4,7,14H2,1H3. The largest absolute Gasteiger partial charge is 0.465 e. The lowest BCUT2D eigenvalue weighted by Crippen LogP contribution is -2.32. The summed E-state index contributed by atoms with van der Waals surface area (Å²) in [5.41, 5.74) is 6.54. The van der Waals surface area contributed by atoms with Crippen molar-refractivity contribution in [1.29, 1.82) is 0 Å². The molecule has 2 atom stereocenters. The minimum absolute atomic E-state index is 0.370. The fourth-order valence-corrected chi connectivity index (χ4v) is 3.10. The van der Waals surface area contributed by atoms with Crippen molar-refractivity contribution in [2.45, 2.75) is 25.3 Å². The van der Waals surface area contributed by atoms with Crippen LogP contribution in [0.2, 0.25) is 0 Å². The molecule has 0 spiro atoms. The Morgan fingerprint density at radius 2 is 2.39 bits per heavy atom. The third-order valence-corrected chi connectivity index (χ3v) is 4.03. The van der Waals surface area contributed by atoms with Gasteiger partial charge in [-0.05, 0) is 31.2 Å². The molecule has 18 heavy (non-hydrogen) atoms. The van der Waals surface area contributed by atoms with Crippen molar-refractivity contribution in [1.82, 2.24) is 4.98 Å². The Bertz CT molecular complexity index is 489. The molecule has 5 heteroatoms. The number of hydrogen-bond acceptors (Lipinski definition) is 5. The minimum atomic E-state index is -0.402. The average molecular weight is 247 g/mol. The predicted molar refractivity (Wildman–Crippen MR) is 68.5 cm³/mol. The highest BCUT2D eigenvalue weighted by molar-refractivity contribution is 5.95. The molecule has 1 saturated carbocycles. The first-order chi connectivity index (χ1) is 8.69. The third-order valence-electron chi connectivity index (χ3n) is 4.03. The number of rotatable bonds is 2. The van der Waals surface area contributed by atoms with Crippen LogP contribution in [0.3, 0.4) is 0 Å². The van der Waals surface area contributed by atoms with Gasteiger partial charge in [-0.2, -0.15) is 0 Å². The predicted octanol–water partition coefficient (Wildman–Crippen LogP) is 1.44. The lowest BCUT2D eigenvalue weighted by Gasteiger charge is -2.28. The Kier molecular flexibility index (Phi) is 2.61. The summed E-state index contributed by atoms with van der Waals surface area (Å²) in [6, 6.07) is 2.33. The van der Waals surface area contributed by atoms with E-state index in [9.17, 15) is 4.79 Å². The summed E-state index contributed by atoms with van der Waals surface area (Å²) < 4.78 is 4.73. The molecule has 1 aliphatic carbocycles. The van der Waals surface area contributed by atoms with Gasteiger partial charge in [0.05, 0.1) is 24.6 Å². The monoisotopic (exact) mass is 247 g/mol. The second-order valence-electron chi connectivity index (χ2n) is 5.11. The van der Waals surface area contributed by atoms with E-state index in [1.54, 1.807) is 12.3 Å². The van der Waals surface area contributed by atoms with E-state index in [2.05, 4.69) is 9.88 Å². The van der Waals surface area contributed by atoms with Gasteiger partial charge in [-0.25, -0.2) is 9.78 Å². The summed E-state index contributed by atoms with van der Waals surface area (Å²) in [5.74, 6) is 1.23. The minimum Gasteiger partial charge on any atom is -0.465 e. The van der Waals surface area contributed by atoms with Crippen LogP contribution in [-0.2, 0) is 4.74 Å². The molecular weight excluding hydrogens is 230 g/mol. The zero-order valence-corrected chi connectivity index (χ0v) is 10.4. The van der Waals surface area contributed by atoms with E-state index in [0.717, 1.165) is 18.3 Å². The molecule has 2 N–H and O–H groups in total. The maximum Gasteiger partial charge on any atom is 0.340 e. The van der Waals surface area contributed by atoms with Crippen molar-refractivity contribution >= 4 is 17.5 Å². The van der Waals surface area contributed by atoms with Crippen LogP contribution in [0.1, 0.15) is 29.6 Å². The molecule has 2 fully saturated rings. The van der Waals surface area contributed by atoms with Crippen molar-refractivity contribution in [2.75, 3.05) is 24.3 Å². The van der Waals surface area contributed by atoms with Crippen LogP contribution < -0.4 is 10.6 Å². The molecule has 5 nitrogen and oxygen atoms in total. The average Bonchev–Trinajstić information content (AvgIpc) is 3.00. The summed E-state index contributed by atoms with van der Waals surface area (Å²) in [6.45, 7) is 1.04. The number of nitrogens with zero attached hydrogens (tertiary/aromatic N) is 2. The maximum absolute atomic E-state index is 11.6. The molecular formula is C13H17N3O2. The Labute approximate surface area is 106 Å². The number of nitrogens with two attached hydrogens (primary N) is 1. The summed E-state index contributed by atoms with van der Waals surface area (Å²) >= 11 is 0. The van der Waals surface area contributed by atoms with Crippen LogP contribution in [0.4, 0.5) is 11.5 Å². The first-order valence-corrected chi connectivity index (χ1v) is 6.29. The third kappa shape index (κ3) is 1.70. The first-order valence-electron chi connectivity index (χ1n) is 6.29. The Balaban J connectivity index is 1.91. The Morgan fingerprint density at radius 1 is 1.56 bits per heavy atom. The topological polar surface area (TPSA) is 68.5 Å². The van der Waals surface area contributed by atoms with E-state index in [1.807, 2.05) is 0 Å². The number of aromatic nitrogens is 1. The number of carbonyl (C=O) groups excluding carboxylic acids is 1. The van der Waals surface area contributed by atoms with Crippen molar-refractivity contribution in [3.8, 4) is 0 Å². The highest BCUT2D eigenvalue weighted by Gasteiger charge is 2.38. The van der Waals surface area contributed by atoms with Gasteiger partial charge in [0.25, 0.3) is 0 Å². The number of ether oxygens (including phenoxy) is 1. The molecule has 0 aromatic carbocycles. The smallest absolute Gasteiger partial charge is 0.340 e. The van der Waals surface area contributed by atoms with Gasteiger partial charge in [0.1, 0.15) is 5.82 Å². The van der Waals surface area contributed by atoms with Gasteiger partial charge in [-0.15, -0.1) is 0 Å². The molecule has 0 radical (unpaired) electrons. The molecule has 1 saturated heterocycles. The van der Waals surface area contributed by atoms with E-state index in [0.29, 0.717) is 17.3 Å². The van der Waals surface area contributed by atoms with Crippen LogP contribution in [0.25, 0.3) is 0 Å². The molecule has 2 unspecified atom stereocenters. The van der Waals surface area contributed by atoms with Crippen molar-refractivity contribution in [3.05, 3.63) is 17.8 Å². The number of pyridine rings is 1. The van der Waals surface area contributed by atoms with E-state index in [-0.39, 0.29) is 0 Å². The van der Waals surface area contributed by atoms with Crippen LogP contribution in [-0.4, -0.2) is 30.6 Å². The molecule has 1 aromatic heterocycles. The van der Waals surface area contributed by atoms with E-state index < -0.39 is 5.97 Å². The number of nitrogen functional groups attached to an aromatic ring is 1. The molecule has 2 bridgehead atoms. The number of esters is 1. The first kappa shape index (κ1) is 11.3. The Hall–Kier alpha value is -1.78. The van der Waals surface area contributed by atoms with Crippen LogP contribution >= 0.6 is 0 Å².